The minimum absolute atomic E-state index is 0.0877. The van der Waals surface area contributed by atoms with Crippen LogP contribution in [0.3, 0.4) is 0 Å². The summed E-state index contributed by atoms with van der Waals surface area (Å²) in [5.74, 6) is -0.169. The van der Waals surface area contributed by atoms with Gasteiger partial charge in [0, 0.05) is 23.4 Å². The molecular formula is C13H12N2O5S. The van der Waals surface area contributed by atoms with Crippen molar-refractivity contribution in [1.29, 1.82) is 0 Å². The maximum Gasteiger partial charge on any atom is 0.272 e. The predicted molar refractivity (Wildman–Crippen MR) is 76.7 cm³/mol. The lowest BCUT2D eigenvalue weighted by molar-refractivity contribution is -0.385. The van der Waals surface area contributed by atoms with Crippen molar-refractivity contribution < 1.29 is 18.4 Å². The van der Waals surface area contributed by atoms with Gasteiger partial charge in [0.25, 0.3) is 15.7 Å². The zero-order chi connectivity index (χ0) is 15.6. The largest absolute Gasteiger partial charge is 0.508 e. The Labute approximate surface area is 121 Å². The smallest absolute Gasteiger partial charge is 0.272 e. The molecule has 0 aromatic heterocycles. The lowest BCUT2D eigenvalue weighted by Gasteiger charge is -2.09. The quantitative estimate of drug-likeness (QED) is 0.665. The van der Waals surface area contributed by atoms with Gasteiger partial charge in [0.15, 0.2) is 0 Å². The van der Waals surface area contributed by atoms with Crippen molar-refractivity contribution in [2.45, 2.75) is 11.8 Å². The van der Waals surface area contributed by atoms with Gasteiger partial charge in [-0.3, -0.25) is 14.8 Å². The maximum atomic E-state index is 12.1. The fourth-order valence-corrected chi connectivity index (χ4v) is 2.88. The fraction of sp³-hybridized carbons (Fsp3) is 0.0769. The van der Waals surface area contributed by atoms with Crippen LogP contribution < -0.4 is 4.72 Å². The van der Waals surface area contributed by atoms with Crippen LogP contribution in [0.25, 0.3) is 0 Å². The van der Waals surface area contributed by atoms with Crippen LogP contribution in [0.15, 0.2) is 47.4 Å². The van der Waals surface area contributed by atoms with E-state index in [-0.39, 0.29) is 22.0 Å². The summed E-state index contributed by atoms with van der Waals surface area (Å²) < 4.78 is 26.6. The monoisotopic (exact) mass is 308 g/mol. The van der Waals surface area contributed by atoms with Crippen LogP contribution in [0, 0.1) is 17.0 Å². The summed E-state index contributed by atoms with van der Waals surface area (Å²) in [5, 5.41) is 20.0. The van der Waals surface area contributed by atoms with Gasteiger partial charge in [-0.15, -0.1) is 0 Å². The molecule has 8 heteroatoms. The van der Waals surface area contributed by atoms with E-state index in [9.17, 15) is 23.6 Å². The zero-order valence-electron chi connectivity index (χ0n) is 11.0. The third kappa shape index (κ3) is 3.29. The number of sulfonamides is 1. The van der Waals surface area contributed by atoms with E-state index in [4.69, 9.17) is 0 Å². The number of aromatic hydroxyl groups is 1. The van der Waals surface area contributed by atoms with Gasteiger partial charge >= 0.3 is 0 Å². The van der Waals surface area contributed by atoms with Crippen LogP contribution in [0.4, 0.5) is 11.4 Å². The number of phenolic OH excluding ortho intramolecular Hbond substituents is 1. The second kappa shape index (κ2) is 5.41. The average Bonchev–Trinajstić information content (AvgIpc) is 2.37. The molecule has 7 nitrogen and oxygen atoms in total. The number of hydrogen-bond acceptors (Lipinski definition) is 5. The van der Waals surface area contributed by atoms with Crippen LogP contribution in [0.2, 0.25) is 0 Å². The van der Waals surface area contributed by atoms with Gasteiger partial charge < -0.3 is 5.11 Å². The normalized spacial score (nSPS) is 11.1. The summed E-state index contributed by atoms with van der Waals surface area (Å²) in [7, 11) is -3.87. The molecule has 0 saturated heterocycles. The summed E-state index contributed by atoms with van der Waals surface area (Å²) in [4.78, 5) is 10.1. The summed E-state index contributed by atoms with van der Waals surface area (Å²) in [6.07, 6.45) is 0. The Kier molecular flexibility index (Phi) is 3.81. The Morgan fingerprint density at radius 1 is 1.19 bits per heavy atom. The molecule has 0 unspecified atom stereocenters. The predicted octanol–water partition coefficient (Wildman–Crippen LogP) is 2.41. The Morgan fingerprint density at radius 3 is 2.48 bits per heavy atom. The number of nitro benzene ring substituents is 1. The number of aryl methyl sites for hydroxylation is 1. The van der Waals surface area contributed by atoms with E-state index in [2.05, 4.69) is 4.72 Å². The van der Waals surface area contributed by atoms with E-state index in [0.717, 1.165) is 6.07 Å². The van der Waals surface area contributed by atoms with Crippen molar-refractivity contribution in [3.8, 4) is 5.75 Å². The highest BCUT2D eigenvalue weighted by molar-refractivity contribution is 7.92. The first-order valence-corrected chi connectivity index (χ1v) is 7.35. The van der Waals surface area contributed by atoms with Crippen LogP contribution in [0.5, 0.6) is 5.75 Å². The number of rotatable bonds is 4. The standard InChI is InChI=1S/C13H12N2O5S/c1-9-7-10(5-6-13(9)15(17)18)14-21(19,20)12-4-2-3-11(16)8-12/h2-8,14,16H,1H3. The molecule has 2 rings (SSSR count). The van der Waals surface area contributed by atoms with Crippen LogP contribution in [0.1, 0.15) is 5.56 Å². The minimum atomic E-state index is -3.87. The molecule has 110 valence electrons. The van der Waals surface area contributed by atoms with Gasteiger partial charge in [0.05, 0.1) is 9.82 Å². The molecule has 2 aromatic carbocycles. The lowest BCUT2D eigenvalue weighted by Crippen LogP contribution is -2.13. The lowest BCUT2D eigenvalue weighted by atomic mass is 10.2. The fourth-order valence-electron chi connectivity index (χ4n) is 1.79. The Morgan fingerprint density at radius 2 is 1.90 bits per heavy atom. The number of anilines is 1. The molecular weight excluding hydrogens is 296 g/mol. The number of nitrogens with zero attached hydrogens (tertiary/aromatic N) is 1. The molecule has 2 N–H and O–H groups in total. The summed E-state index contributed by atoms with van der Waals surface area (Å²) in [5.41, 5.74) is 0.466. The third-order valence-corrected chi connectivity index (χ3v) is 4.15. The van der Waals surface area contributed by atoms with E-state index in [0.29, 0.717) is 5.56 Å². The van der Waals surface area contributed by atoms with Crippen molar-refractivity contribution in [3.05, 3.63) is 58.1 Å². The van der Waals surface area contributed by atoms with Gasteiger partial charge in [-0.25, -0.2) is 8.42 Å². The van der Waals surface area contributed by atoms with Crippen LogP contribution in [-0.2, 0) is 10.0 Å². The first kappa shape index (κ1) is 14.8. The molecule has 0 aliphatic carbocycles. The summed E-state index contributed by atoms with van der Waals surface area (Å²) in [6.45, 7) is 1.52. The first-order valence-electron chi connectivity index (χ1n) is 5.86. The van der Waals surface area contributed by atoms with E-state index >= 15 is 0 Å². The molecule has 0 atom stereocenters. The number of nitro groups is 1. The average molecular weight is 308 g/mol. The molecule has 21 heavy (non-hydrogen) atoms. The van der Waals surface area contributed by atoms with Crippen molar-refractivity contribution in [3.63, 3.8) is 0 Å². The number of phenols is 1. The Hall–Kier alpha value is -2.61. The van der Waals surface area contributed by atoms with Crippen molar-refractivity contribution in [2.24, 2.45) is 0 Å². The molecule has 2 aromatic rings. The van der Waals surface area contributed by atoms with E-state index in [1.165, 1.54) is 43.3 Å². The second-order valence-electron chi connectivity index (χ2n) is 4.36. The van der Waals surface area contributed by atoms with E-state index < -0.39 is 14.9 Å². The van der Waals surface area contributed by atoms with Gasteiger partial charge in [-0.2, -0.15) is 0 Å². The van der Waals surface area contributed by atoms with Crippen LogP contribution in [-0.4, -0.2) is 18.4 Å². The van der Waals surface area contributed by atoms with Crippen molar-refractivity contribution >= 4 is 21.4 Å². The molecule has 0 saturated carbocycles. The highest BCUT2D eigenvalue weighted by Gasteiger charge is 2.16. The summed E-state index contributed by atoms with van der Waals surface area (Å²) >= 11 is 0. The molecule has 0 fully saturated rings. The summed E-state index contributed by atoms with van der Waals surface area (Å²) in [6, 6.07) is 9.13. The number of hydrogen-bond donors (Lipinski definition) is 2. The number of nitrogens with one attached hydrogen (secondary N) is 1. The molecule has 0 aliphatic rings. The SMILES string of the molecule is Cc1cc(NS(=O)(=O)c2cccc(O)c2)ccc1[N+](=O)[O-]. The maximum absolute atomic E-state index is 12.1. The molecule has 0 bridgehead atoms. The van der Waals surface area contributed by atoms with Gasteiger partial charge in [-0.1, -0.05) is 6.07 Å². The van der Waals surface area contributed by atoms with Gasteiger partial charge in [0.2, 0.25) is 0 Å². The van der Waals surface area contributed by atoms with Crippen LogP contribution >= 0.6 is 0 Å². The van der Waals surface area contributed by atoms with Gasteiger partial charge in [0.1, 0.15) is 5.75 Å². The zero-order valence-corrected chi connectivity index (χ0v) is 11.8. The molecule has 0 heterocycles. The van der Waals surface area contributed by atoms with E-state index in [1.54, 1.807) is 0 Å². The highest BCUT2D eigenvalue weighted by atomic mass is 32.2. The second-order valence-corrected chi connectivity index (χ2v) is 6.04. The van der Waals surface area contributed by atoms with Crippen molar-refractivity contribution in [2.75, 3.05) is 4.72 Å². The molecule has 0 spiro atoms. The Bertz CT molecular complexity index is 802. The molecule has 0 radical (unpaired) electrons. The Balaban J connectivity index is 2.33. The molecule has 0 amide bonds. The topological polar surface area (TPSA) is 110 Å². The first-order chi connectivity index (χ1) is 9.79. The van der Waals surface area contributed by atoms with Gasteiger partial charge in [-0.05, 0) is 31.2 Å². The third-order valence-electron chi connectivity index (χ3n) is 2.77. The van der Waals surface area contributed by atoms with E-state index in [1.807, 2.05) is 0 Å². The van der Waals surface area contributed by atoms with Crippen molar-refractivity contribution in [1.82, 2.24) is 0 Å². The number of benzene rings is 2. The molecule has 0 aliphatic heterocycles. The highest BCUT2D eigenvalue weighted by Crippen LogP contribution is 2.24. The minimum Gasteiger partial charge on any atom is -0.508 e.